The van der Waals surface area contributed by atoms with Crippen LogP contribution in [-0.4, -0.2) is 48.8 Å². The van der Waals surface area contributed by atoms with E-state index < -0.39 is 17.3 Å². The Hall–Kier alpha value is -2.58. The minimum absolute atomic E-state index is 0.0375. The van der Waals surface area contributed by atoms with E-state index in [0.717, 1.165) is 23.3 Å². The summed E-state index contributed by atoms with van der Waals surface area (Å²) in [7, 11) is 0. The van der Waals surface area contributed by atoms with Gasteiger partial charge in [-0.05, 0) is 56.9 Å². The fraction of sp³-hybridized carbons (Fsp3) is 0.500. The van der Waals surface area contributed by atoms with Gasteiger partial charge >= 0.3 is 6.18 Å². The first-order valence-corrected chi connectivity index (χ1v) is 11.7. The van der Waals surface area contributed by atoms with Crippen molar-refractivity contribution in [1.82, 2.24) is 10.2 Å². The monoisotopic (exact) mass is 476 g/mol. The van der Waals surface area contributed by atoms with Crippen LogP contribution in [0.15, 0.2) is 48.5 Å². The SMILES string of the molecule is Cc1cccc(C(C)NC(=O)C2(N3CC[C@@H](Oc4cccc(C(F)(F)F)c4)C3)CCOCC2)c1. The minimum Gasteiger partial charge on any atom is -0.489 e. The summed E-state index contributed by atoms with van der Waals surface area (Å²) in [4.78, 5) is 15.8. The highest BCUT2D eigenvalue weighted by molar-refractivity contribution is 5.87. The fourth-order valence-electron chi connectivity index (χ4n) is 4.90. The summed E-state index contributed by atoms with van der Waals surface area (Å²) in [6.45, 7) is 6.08. The number of alkyl halides is 3. The number of hydrogen-bond acceptors (Lipinski definition) is 4. The molecule has 0 saturated carbocycles. The number of ether oxygens (including phenoxy) is 2. The number of aryl methyl sites for hydroxylation is 1. The lowest BCUT2D eigenvalue weighted by atomic mass is 9.86. The van der Waals surface area contributed by atoms with Crippen molar-refractivity contribution in [2.75, 3.05) is 26.3 Å². The van der Waals surface area contributed by atoms with Crippen molar-refractivity contribution >= 4 is 5.91 Å². The smallest absolute Gasteiger partial charge is 0.416 e. The molecule has 0 radical (unpaired) electrons. The molecule has 5 nitrogen and oxygen atoms in total. The predicted molar refractivity (Wildman–Crippen MR) is 123 cm³/mol. The summed E-state index contributed by atoms with van der Waals surface area (Å²) in [5.41, 5.74) is 0.726. The van der Waals surface area contributed by atoms with Gasteiger partial charge in [0.1, 0.15) is 17.4 Å². The Morgan fingerprint density at radius 3 is 2.62 bits per heavy atom. The summed E-state index contributed by atoms with van der Waals surface area (Å²) in [5, 5.41) is 3.20. The summed E-state index contributed by atoms with van der Waals surface area (Å²) in [6, 6.07) is 12.9. The molecule has 184 valence electrons. The van der Waals surface area contributed by atoms with Gasteiger partial charge in [0.15, 0.2) is 0 Å². The first-order valence-electron chi connectivity index (χ1n) is 11.7. The number of nitrogens with zero attached hydrogens (tertiary/aromatic N) is 1. The topological polar surface area (TPSA) is 50.8 Å². The zero-order valence-electron chi connectivity index (χ0n) is 19.5. The van der Waals surface area contributed by atoms with Crippen molar-refractivity contribution in [2.24, 2.45) is 0 Å². The Morgan fingerprint density at radius 1 is 1.18 bits per heavy atom. The molecule has 2 saturated heterocycles. The first-order chi connectivity index (χ1) is 16.2. The van der Waals surface area contributed by atoms with Gasteiger partial charge in [0.2, 0.25) is 5.91 Å². The fourth-order valence-corrected chi connectivity index (χ4v) is 4.90. The van der Waals surface area contributed by atoms with Crippen molar-refractivity contribution in [3.05, 3.63) is 65.2 Å². The van der Waals surface area contributed by atoms with Gasteiger partial charge in [-0.15, -0.1) is 0 Å². The molecule has 0 aromatic heterocycles. The minimum atomic E-state index is -4.42. The molecule has 1 N–H and O–H groups in total. The molecule has 2 aromatic rings. The summed E-state index contributed by atoms with van der Waals surface area (Å²) in [5.74, 6) is 0.157. The molecule has 2 aromatic carbocycles. The first kappa shape index (κ1) is 24.5. The molecule has 0 spiro atoms. The maximum atomic E-state index is 13.6. The quantitative estimate of drug-likeness (QED) is 0.645. The van der Waals surface area contributed by atoms with E-state index in [1.54, 1.807) is 6.07 Å². The molecule has 0 aliphatic carbocycles. The number of carbonyl (C=O) groups excluding carboxylic acids is 1. The second kappa shape index (κ2) is 9.96. The van der Waals surface area contributed by atoms with Crippen LogP contribution in [0.1, 0.15) is 48.9 Å². The average molecular weight is 477 g/mol. The molecule has 2 fully saturated rings. The van der Waals surface area contributed by atoms with Gasteiger partial charge in [-0.2, -0.15) is 13.2 Å². The third-order valence-electron chi connectivity index (χ3n) is 6.85. The summed E-state index contributed by atoms with van der Waals surface area (Å²) >= 11 is 0. The van der Waals surface area contributed by atoms with E-state index in [1.165, 1.54) is 6.07 Å². The lowest BCUT2D eigenvalue weighted by molar-refractivity contribution is -0.141. The second-order valence-corrected chi connectivity index (χ2v) is 9.25. The molecule has 4 rings (SSSR count). The van der Waals surface area contributed by atoms with Crippen molar-refractivity contribution in [3.8, 4) is 5.75 Å². The van der Waals surface area contributed by atoms with Gasteiger partial charge < -0.3 is 14.8 Å². The zero-order valence-corrected chi connectivity index (χ0v) is 19.5. The molecular weight excluding hydrogens is 445 g/mol. The molecule has 1 amide bonds. The van der Waals surface area contributed by atoms with Crippen LogP contribution in [-0.2, 0) is 15.7 Å². The maximum Gasteiger partial charge on any atom is 0.416 e. The van der Waals surface area contributed by atoms with Crippen LogP contribution in [0, 0.1) is 6.92 Å². The molecule has 0 bridgehead atoms. The normalized spacial score (nSPS) is 21.7. The van der Waals surface area contributed by atoms with Crippen LogP contribution in [0.25, 0.3) is 0 Å². The van der Waals surface area contributed by atoms with Gasteiger partial charge in [0.05, 0.1) is 11.6 Å². The number of nitrogens with one attached hydrogen (secondary N) is 1. The van der Waals surface area contributed by atoms with E-state index in [0.29, 0.717) is 45.6 Å². The van der Waals surface area contributed by atoms with Crippen LogP contribution in [0.3, 0.4) is 0 Å². The van der Waals surface area contributed by atoms with Gasteiger partial charge in [0.25, 0.3) is 0 Å². The number of halogens is 3. The third kappa shape index (κ3) is 5.39. The Balaban J connectivity index is 1.46. The van der Waals surface area contributed by atoms with Gasteiger partial charge in [0, 0.05) is 26.3 Å². The van der Waals surface area contributed by atoms with Gasteiger partial charge in [-0.1, -0.05) is 35.9 Å². The number of rotatable bonds is 6. The van der Waals surface area contributed by atoms with Crippen LogP contribution in [0.4, 0.5) is 13.2 Å². The van der Waals surface area contributed by atoms with Crippen molar-refractivity contribution < 1.29 is 27.4 Å². The van der Waals surface area contributed by atoms with Crippen LogP contribution in [0.5, 0.6) is 5.75 Å². The highest BCUT2D eigenvalue weighted by atomic mass is 19.4. The molecule has 2 atom stereocenters. The third-order valence-corrected chi connectivity index (χ3v) is 6.85. The molecule has 34 heavy (non-hydrogen) atoms. The lowest BCUT2D eigenvalue weighted by Crippen LogP contribution is -2.61. The van der Waals surface area contributed by atoms with Crippen LogP contribution < -0.4 is 10.1 Å². The number of benzene rings is 2. The van der Waals surface area contributed by atoms with Gasteiger partial charge in [-0.3, -0.25) is 9.69 Å². The molecule has 2 heterocycles. The highest BCUT2D eigenvalue weighted by Crippen LogP contribution is 2.35. The Labute approximate surface area is 198 Å². The van der Waals surface area contributed by atoms with Crippen LogP contribution >= 0.6 is 0 Å². The molecule has 8 heteroatoms. The number of amides is 1. The summed E-state index contributed by atoms with van der Waals surface area (Å²) < 4.78 is 50.6. The Kier molecular flexibility index (Phi) is 7.19. The summed E-state index contributed by atoms with van der Waals surface area (Å²) in [6.07, 6.45) is -2.94. The number of likely N-dealkylation sites (tertiary alicyclic amines) is 1. The maximum absolute atomic E-state index is 13.6. The second-order valence-electron chi connectivity index (χ2n) is 9.25. The van der Waals surface area contributed by atoms with E-state index in [1.807, 2.05) is 32.0 Å². The standard InChI is InChI=1S/C26H31F3N2O3/c1-18-5-3-6-20(15-18)19(2)30-24(32)25(10-13-33-14-11-25)31-12-9-23(17-31)34-22-8-4-7-21(16-22)26(27,28)29/h3-8,15-16,19,23H,9-14,17H2,1-2H3,(H,30,32)/t19?,23-/m1/s1. The predicted octanol–water partition coefficient (Wildman–Crippen LogP) is 4.89. The number of hydrogen-bond donors (Lipinski definition) is 1. The van der Waals surface area contributed by atoms with Crippen LogP contribution in [0.2, 0.25) is 0 Å². The van der Waals surface area contributed by atoms with Crippen molar-refractivity contribution in [2.45, 2.75) is 57.0 Å². The molecule has 2 aliphatic heterocycles. The van der Waals surface area contributed by atoms with Crippen molar-refractivity contribution in [1.29, 1.82) is 0 Å². The number of carbonyl (C=O) groups is 1. The largest absolute Gasteiger partial charge is 0.489 e. The van der Waals surface area contributed by atoms with E-state index in [9.17, 15) is 18.0 Å². The van der Waals surface area contributed by atoms with E-state index >= 15 is 0 Å². The van der Waals surface area contributed by atoms with Crippen molar-refractivity contribution in [3.63, 3.8) is 0 Å². The highest BCUT2D eigenvalue weighted by Gasteiger charge is 2.48. The molecular formula is C26H31F3N2O3. The van der Waals surface area contributed by atoms with E-state index in [-0.39, 0.29) is 23.8 Å². The molecule has 2 aliphatic rings. The Morgan fingerprint density at radius 2 is 1.91 bits per heavy atom. The van der Waals surface area contributed by atoms with E-state index in [4.69, 9.17) is 9.47 Å². The average Bonchev–Trinajstić information content (AvgIpc) is 3.28. The molecule has 1 unspecified atom stereocenters. The lowest BCUT2D eigenvalue weighted by Gasteiger charge is -2.43. The Bertz CT molecular complexity index is 1000. The van der Waals surface area contributed by atoms with E-state index in [2.05, 4.69) is 16.3 Å². The zero-order chi connectivity index (χ0) is 24.3. The van der Waals surface area contributed by atoms with Gasteiger partial charge in [-0.25, -0.2) is 0 Å².